The van der Waals surface area contributed by atoms with Gasteiger partial charge >= 0.3 is 0 Å². The summed E-state index contributed by atoms with van der Waals surface area (Å²) in [5.41, 5.74) is 19.3. The Balaban J connectivity index is 1.44. The fourth-order valence-corrected chi connectivity index (χ4v) is 5.87. The van der Waals surface area contributed by atoms with Gasteiger partial charge in [0.25, 0.3) is 5.91 Å². The number of oxime groups is 2. The SMILES string of the molecule is N/C(=N\O)c1ccc(CN2CCc3cn(Cc4ccc(Br)cc4)c4cc(-c5cccc(/C(N)=N/O)c5)cc(c34)C2=O)cc1. The standard InChI is InChI=1S/C33H29BrN6O3/c34-27-10-6-21(7-11-27)18-40-19-25-12-13-39(17-20-4-8-22(9-5-20)31(35)37-42)33(41)28-15-26(16-29(40)30(25)28)23-2-1-3-24(14-23)32(36)38-43/h1-11,14-16,19,42-43H,12-13,17-18H2,(H2,35,37)(H2,36,38). The van der Waals surface area contributed by atoms with Gasteiger partial charge < -0.3 is 31.3 Å². The van der Waals surface area contributed by atoms with E-state index in [-0.39, 0.29) is 17.6 Å². The molecular weight excluding hydrogens is 608 g/mol. The van der Waals surface area contributed by atoms with Crippen molar-refractivity contribution in [3.8, 4) is 11.1 Å². The highest BCUT2D eigenvalue weighted by Crippen LogP contribution is 2.35. The molecule has 4 aromatic carbocycles. The van der Waals surface area contributed by atoms with E-state index in [4.69, 9.17) is 16.7 Å². The number of nitrogens with two attached hydrogens (primary N) is 2. The number of aromatic nitrogens is 1. The Kier molecular flexibility index (Phi) is 7.60. The Hall–Kier alpha value is -5.09. The quantitative estimate of drug-likeness (QED) is 0.0807. The first-order chi connectivity index (χ1) is 20.8. The van der Waals surface area contributed by atoms with Crippen molar-refractivity contribution in [2.45, 2.75) is 19.5 Å². The van der Waals surface area contributed by atoms with Crippen LogP contribution in [0.25, 0.3) is 22.0 Å². The molecule has 1 aliphatic heterocycles. The zero-order valence-corrected chi connectivity index (χ0v) is 24.7. The highest BCUT2D eigenvalue weighted by Gasteiger charge is 2.27. The molecule has 0 bridgehead atoms. The van der Waals surface area contributed by atoms with E-state index in [9.17, 15) is 10.0 Å². The zero-order chi connectivity index (χ0) is 30.1. The predicted molar refractivity (Wildman–Crippen MR) is 171 cm³/mol. The molecule has 0 saturated heterocycles. The van der Waals surface area contributed by atoms with Crippen LogP contribution in [0, 0.1) is 0 Å². The van der Waals surface area contributed by atoms with Crippen molar-refractivity contribution in [1.29, 1.82) is 0 Å². The molecule has 2 heterocycles. The molecule has 0 fully saturated rings. The molecule has 1 aliphatic rings. The van der Waals surface area contributed by atoms with Crippen LogP contribution in [-0.2, 0) is 19.5 Å². The van der Waals surface area contributed by atoms with Gasteiger partial charge in [-0.25, -0.2) is 0 Å². The van der Waals surface area contributed by atoms with Crippen LogP contribution in [0.15, 0.2) is 106 Å². The third-order valence-electron chi connectivity index (χ3n) is 7.82. The summed E-state index contributed by atoms with van der Waals surface area (Å²) in [7, 11) is 0. The van der Waals surface area contributed by atoms with Crippen LogP contribution in [-0.4, -0.2) is 44.0 Å². The number of amidine groups is 2. The van der Waals surface area contributed by atoms with Crippen molar-refractivity contribution in [3.05, 3.63) is 129 Å². The van der Waals surface area contributed by atoms with E-state index in [1.54, 1.807) is 18.2 Å². The Morgan fingerprint density at radius 3 is 2.21 bits per heavy atom. The number of halogens is 1. The number of rotatable bonds is 7. The molecule has 43 heavy (non-hydrogen) atoms. The summed E-state index contributed by atoms with van der Waals surface area (Å²) in [5.74, 6) is -0.00516. The second kappa shape index (κ2) is 11.7. The first-order valence-electron chi connectivity index (χ1n) is 13.7. The van der Waals surface area contributed by atoms with Gasteiger partial charge in [0.1, 0.15) is 0 Å². The van der Waals surface area contributed by atoms with E-state index < -0.39 is 0 Å². The minimum Gasteiger partial charge on any atom is -0.409 e. The van der Waals surface area contributed by atoms with E-state index >= 15 is 0 Å². The molecule has 10 heteroatoms. The average molecular weight is 638 g/mol. The van der Waals surface area contributed by atoms with Crippen LogP contribution < -0.4 is 11.5 Å². The highest BCUT2D eigenvalue weighted by molar-refractivity contribution is 9.10. The van der Waals surface area contributed by atoms with E-state index in [1.165, 1.54) is 0 Å². The fourth-order valence-electron chi connectivity index (χ4n) is 5.61. The predicted octanol–water partition coefficient (Wildman–Crippen LogP) is 5.51. The molecule has 0 radical (unpaired) electrons. The van der Waals surface area contributed by atoms with Crippen molar-refractivity contribution in [1.82, 2.24) is 9.47 Å². The van der Waals surface area contributed by atoms with Crippen LogP contribution in [0.4, 0.5) is 0 Å². The Labute approximate surface area is 256 Å². The third-order valence-corrected chi connectivity index (χ3v) is 8.35. The maximum atomic E-state index is 14.2. The summed E-state index contributed by atoms with van der Waals surface area (Å²) in [5, 5.41) is 25.4. The zero-order valence-electron chi connectivity index (χ0n) is 23.1. The second-order valence-electron chi connectivity index (χ2n) is 10.6. The maximum Gasteiger partial charge on any atom is 0.254 e. The highest BCUT2D eigenvalue weighted by atomic mass is 79.9. The number of nitrogens with zero attached hydrogens (tertiary/aromatic N) is 4. The Morgan fingerprint density at radius 2 is 1.49 bits per heavy atom. The lowest BCUT2D eigenvalue weighted by atomic mass is 9.96. The van der Waals surface area contributed by atoms with Crippen LogP contribution >= 0.6 is 15.9 Å². The van der Waals surface area contributed by atoms with Crippen molar-refractivity contribution >= 4 is 44.4 Å². The normalized spacial score (nSPS) is 13.9. The fraction of sp³-hybridized carbons (Fsp3) is 0.121. The van der Waals surface area contributed by atoms with Crippen LogP contribution in [0.2, 0.25) is 0 Å². The lowest BCUT2D eigenvalue weighted by Gasteiger charge is -2.22. The lowest BCUT2D eigenvalue weighted by Crippen LogP contribution is -2.31. The number of carbonyl (C=O) groups is 1. The van der Waals surface area contributed by atoms with E-state index in [0.717, 1.165) is 43.2 Å². The van der Waals surface area contributed by atoms with Crippen LogP contribution in [0.1, 0.15) is 38.2 Å². The van der Waals surface area contributed by atoms with Crippen molar-refractivity contribution in [2.75, 3.05) is 6.54 Å². The lowest BCUT2D eigenvalue weighted by molar-refractivity contribution is 0.0750. The summed E-state index contributed by atoms with van der Waals surface area (Å²) in [6.07, 6.45) is 2.87. The molecule has 5 aromatic rings. The monoisotopic (exact) mass is 636 g/mol. The molecule has 0 saturated carbocycles. The summed E-state index contributed by atoms with van der Waals surface area (Å²) in [4.78, 5) is 16.1. The van der Waals surface area contributed by atoms with Gasteiger partial charge in [-0.3, -0.25) is 4.79 Å². The average Bonchev–Trinajstić information content (AvgIpc) is 3.33. The molecule has 0 atom stereocenters. The first kappa shape index (κ1) is 28.0. The molecule has 9 nitrogen and oxygen atoms in total. The van der Waals surface area contributed by atoms with Gasteiger partial charge in [-0.15, -0.1) is 0 Å². The molecule has 0 aliphatic carbocycles. The molecule has 6 rings (SSSR count). The number of benzene rings is 4. The van der Waals surface area contributed by atoms with Gasteiger partial charge in [-0.1, -0.05) is 80.8 Å². The topological polar surface area (TPSA) is 142 Å². The van der Waals surface area contributed by atoms with E-state index in [2.05, 4.69) is 55.2 Å². The largest absolute Gasteiger partial charge is 0.409 e. The van der Waals surface area contributed by atoms with Crippen LogP contribution in [0.5, 0.6) is 0 Å². The van der Waals surface area contributed by atoms with Crippen molar-refractivity contribution in [2.24, 2.45) is 21.8 Å². The van der Waals surface area contributed by atoms with Crippen LogP contribution in [0.3, 0.4) is 0 Å². The minimum atomic E-state index is -0.0555. The second-order valence-corrected chi connectivity index (χ2v) is 11.5. The molecule has 1 amide bonds. The smallest absolute Gasteiger partial charge is 0.254 e. The van der Waals surface area contributed by atoms with Gasteiger partial charge in [0, 0.05) is 52.4 Å². The van der Waals surface area contributed by atoms with Crippen molar-refractivity contribution in [3.63, 3.8) is 0 Å². The van der Waals surface area contributed by atoms with Gasteiger partial charge in [0.2, 0.25) is 0 Å². The van der Waals surface area contributed by atoms with Gasteiger partial charge in [-0.05, 0) is 64.6 Å². The Morgan fingerprint density at radius 1 is 0.814 bits per heavy atom. The van der Waals surface area contributed by atoms with E-state index in [1.807, 2.05) is 53.4 Å². The van der Waals surface area contributed by atoms with Gasteiger partial charge in [-0.2, -0.15) is 0 Å². The summed E-state index contributed by atoms with van der Waals surface area (Å²) >= 11 is 3.52. The summed E-state index contributed by atoms with van der Waals surface area (Å²) < 4.78 is 3.23. The summed E-state index contributed by atoms with van der Waals surface area (Å²) in [6, 6.07) is 27.0. The molecular formula is C33H29BrN6O3. The summed E-state index contributed by atoms with van der Waals surface area (Å²) in [6.45, 7) is 1.63. The number of carbonyl (C=O) groups excluding carboxylic acids is 1. The first-order valence-corrected chi connectivity index (χ1v) is 14.5. The van der Waals surface area contributed by atoms with Gasteiger partial charge in [0.05, 0.1) is 5.52 Å². The molecule has 6 N–H and O–H groups in total. The van der Waals surface area contributed by atoms with E-state index in [0.29, 0.717) is 42.7 Å². The number of hydrogen-bond donors (Lipinski definition) is 4. The number of amides is 1. The Bertz CT molecular complexity index is 1900. The van der Waals surface area contributed by atoms with Crippen molar-refractivity contribution < 1.29 is 15.2 Å². The molecule has 1 aromatic heterocycles. The molecule has 216 valence electrons. The molecule has 0 unspecified atom stereocenters. The number of hydrogen-bond acceptors (Lipinski definition) is 5. The molecule has 0 spiro atoms. The maximum absolute atomic E-state index is 14.2. The van der Waals surface area contributed by atoms with Gasteiger partial charge in [0.15, 0.2) is 11.7 Å². The minimum absolute atomic E-state index is 0.0160. The third kappa shape index (κ3) is 5.56.